The van der Waals surface area contributed by atoms with E-state index in [1.54, 1.807) is 0 Å². The molecular weight excluding hydrogens is 198 g/mol. The van der Waals surface area contributed by atoms with Crippen molar-refractivity contribution in [3.63, 3.8) is 0 Å². The molecule has 1 nitrogen and oxygen atoms in total. The van der Waals surface area contributed by atoms with E-state index in [1.165, 1.54) is 5.69 Å². The van der Waals surface area contributed by atoms with Crippen LogP contribution < -0.4 is 3.13 Å². The predicted molar refractivity (Wildman–Crippen MR) is 30.1 cm³/mol. The fourth-order valence-corrected chi connectivity index (χ4v) is 1.23. The third kappa shape index (κ3) is 1.47. The summed E-state index contributed by atoms with van der Waals surface area (Å²) in [5, 5.41) is 0. The Kier molecular flexibility index (Phi) is 2.33. The summed E-state index contributed by atoms with van der Waals surface area (Å²) < 4.78 is 3.20. The van der Waals surface area contributed by atoms with Crippen molar-refractivity contribution in [3.05, 3.63) is 30.3 Å². The summed E-state index contributed by atoms with van der Waals surface area (Å²) in [6.45, 7) is 0. The van der Waals surface area contributed by atoms with Crippen LogP contribution in [0.2, 0.25) is 0 Å². The SMILES string of the molecule is [Cd][NH]c1ccccc1. The van der Waals surface area contributed by atoms with E-state index in [9.17, 15) is 0 Å². The van der Waals surface area contributed by atoms with Crippen LogP contribution in [0.15, 0.2) is 30.3 Å². The molecule has 1 N–H and O–H groups in total. The van der Waals surface area contributed by atoms with Crippen LogP contribution in [0, 0.1) is 0 Å². The second-order valence-electron chi connectivity index (χ2n) is 1.54. The molecule has 0 aliphatic rings. The summed E-state index contributed by atoms with van der Waals surface area (Å²) in [6, 6.07) is 10.2. The topological polar surface area (TPSA) is 12.0 Å². The fraction of sp³-hybridized carbons (Fsp3) is 0. The van der Waals surface area contributed by atoms with Gasteiger partial charge in [-0.1, -0.05) is 0 Å². The number of hydrogen-bond acceptors (Lipinski definition) is 1. The molecule has 0 spiro atoms. The number of anilines is 1. The molecule has 1 rings (SSSR count). The summed E-state index contributed by atoms with van der Waals surface area (Å²) in [5.41, 5.74) is 1.24. The van der Waals surface area contributed by atoms with Gasteiger partial charge in [0.15, 0.2) is 0 Å². The van der Waals surface area contributed by atoms with Gasteiger partial charge in [0.25, 0.3) is 0 Å². The van der Waals surface area contributed by atoms with Gasteiger partial charge >= 0.3 is 65.2 Å². The Labute approximate surface area is 65.2 Å². The molecule has 0 amide bonds. The van der Waals surface area contributed by atoms with Gasteiger partial charge in [0.05, 0.1) is 0 Å². The molecule has 37 valence electrons. The van der Waals surface area contributed by atoms with Crippen LogP contribution in [0.1, 0.15) is 0 Å². The first-order valence-corrected chi connectivity index (χ1v) is 4.53. The Balaban J connectivity index is 2.83. The Morgan fingerprint density at radius 3 is 2.12 bits per heavy atom. The predicted octanol–water partition coefficient (Wildman–Crippen LogP) is 1.56. The van der Waals surface area contributed by atoms with Crippen molar-refractivity contribution in [2.45, 2.75) is 0 Å². The van der Waals surface area contributed by atoms with Crippen LogP contribution in [0.3, 0.4) is 0 Å². The summed E-state index contributed by atoms with van der Waals surface area (Å²) in [4.78, 5) is 0. The Hall–Kier alpha value is -0.0579. The minimum atomic E-state index is 0.828. The van der Waals surface area contributed by atoms with Crippen LogP contribution >= 0.6 is 0 Å². The zero-order valence-corrected chi connectivity index (χ0v) is 8.63. The zero-order valence-electron chi connectivity index (χ0n) is 4.59. The molecule has 2 heteroatoms. The van der Waals surface area contributed by atoms with Crippen LogP contribution in [0.4, 0.5) is 5.69 Å². The molecular formula is C6H6CdN. The van der Waals surface area contributed by atoms with E-state index in [0.29, 0.717) is 0 Å². The quantitative estimate of drug-likeness (QED) is 0.685. The summed E-state index contributed by atoms with van der Waals surface area (Å²) in [6.07, 6.45) is 0. The first-order chi connectivity index (χ1) is 3.93. The fourth-order valence-electron chi connectivity index (χ4n) is 0.556. The van der Waals surface area contributed by atoms with E-state index >= 15 is 0 Å². The minimum absolute atomic E-state index is 0.828. The number of nitrogens with one attached hydrogen (secondary N) is 1. The summed E-state index contributed by atoms with van der Waals surface area (Å²) in [7, 11) is 0. The van der Waals surface area contributed by atoms with Crippen molar-refractivity contribution >= 4 is 5.69 Å². The number of para-hydroxylation sites is 1. The molecule has 0 fully saturated rings. The van der Waals surface area contributed by atoms with Gasteiger partial charge in [-0.3, -0.25) is 0 Å². The summed E-state index contributed by atoms with van der Waals surface area (Å²) >= 11 is 0.828. The second kappa shape index (κ2) is 3.07. The zero-order chi connectivity index (χ0) is 5.82. The van der Waals surface area contributed by atoms with Gasteiger partial charge in [0.1, 0.15) is 0 Å². The average molecular weight is 205 g/mol. The van der Waals surface area contributed by atoms with Gasteiger partial charge in [0.2, 0.25) is 0 Å². The van der Waals surface area contributed by atoms with Crippen molar-refractivity contribution in [2.24, 2.45) is 0 Å². The van der Waals surface area contributed by atoms with Crippen LogP contribution in [0.25, 0.3) is 0 Å². The molecule has 0 unspecified atom stereocenters. The van der Waals surface area contributed by atoms with Crippen LogP contribution in [0.5, 0.6) is 0 Å². The first kappa shape index (κ1) is 6.07. The second-order valence-corrected chi connectivity index (χ2v) is 2.55. The Bertz CT molecular complexity index is 150. The van der Waals surface area contributed by atoms with Crippen molar-refractivity contribution < 1.29 is 26.1 Å². The molecule has 0 radical (unpaired) electrons. The molecule has 1 aromatic carbocycles. The standard InChI is InChI=1S/C6H6N.Cd/c7-6-4-2-1-3-5-6;/h1-5,7H;/q-1;+1. The molecule has 8 heavy (non-hydrogen) atoms. The monoisotopic (exact) mass is 206 g/mol. The van der Waals surface area contributed by atoms with E-state index < -0.39 is 0 Å². The van der Waals surface area contributed by atoms with Crippen molar-refractivity contribution in [2.75, 3.05) is 3.13 Å². The van der Waals surface area contributed by atoms with Gasteiger partial charge < -0.3 is 0 Å². The van der Waals surface area contributed by atoms with E-state index in [4.69, 9.17) is 0 Å². The van der Waals surface area contributed by atoms with Crippen molar-refractivity contribution in [1.82, 2.24) is 0 Å². The molecule has 0 aromatic heterocycles. The maximum atomic E-state index is 3.20. The first-order valence-electron chi connectivity index (χ1n) is 2.51. The molecule has 0 saturated heterocycles. The van der Waals surface area contributed by atoms with E-state index in [-0.39, 0.29) is 0 Å². The van der Waals surface area contributed by atoms with Gasteiger partial charge in [-0.05, 0) is 0 Å². The molecule has 1 aromatic rings. The Morgan fingerprint density at radius 2 is 1.75 bits per heavy atom. The van der Waals surface area contributed by atoms with E-state index in [2.05, 4.69) is 15.3 Å². The number of benzene rings is 1. The van der Waals surface area contributed by atoms with Gasteiger partial charge in [-0.25, -0.2) is 0 Å². The molecule has 0 saturated carbocycles. The molecule has 0 atom stereocenters. The molecule has 0 heterocycles. The van der Waals surface area contributed by atoms with Crippen molar-refractivity contribution in [1.29, 1.82) is 0 Å². The third-order valence-electron chi connectivity index (χ3n) is 0.978. The maximum absolute atomic E-state index is 3.20. The number of rotatable bonds is 1. The molecule has 0 aliphatic heterocycles. The molecule has 0 bridgehead atoms. The Morgan fingerprint density at radius 1 is 1.12 bits per heavy atom. The average Bonchev–Trinajstić information content (AvgIpc) is 1.90. The van der Waals surface area contributed by atoms with Crippen molar-refractivity contribution in [3.8, 4) is 0 Å². The van der Waals surface area contributed by atoms with Crippen LogP contribution in [-0.2, 0) is 26.1 Å². The van der Waals surface area contributed by atoms with Gasteiger partial charge in [-0.2, -0.15) is 0 Å². The van der Waals surface area contributed by atoms with Crippen LogP contribution in [-0.4, -0.2) is 0 Å². The van der Waals surface area contributed by atoms with Gasteiger partial charge in [0, 0.05) is 0 Å². The van der Waals surface area contributed by atoms with E-state index in [0.717, 1.165) is 26.1 Å². The summed E-state index contributed by atoms with van der Waals surface area (Å²) in [5.74, 6) is 0. The molecule has 0 aliphatic carbocycles. The number of hydrogen-bond donors (Lipinski definition) is 1. The normalized spacial score (nSPS) is 8.75. The van der Waals surface area contributed by atoms with E-state index in [1.807, 2.05) is 18.2 Å². The van der Waals surface area contributed by atoms with Gasteiger partial charge in [-0.15, -0.1) is 0 Å². The third-order valence-corrected chi connectivity index (χ3v) is 2.14.